The van der Waals surface area contributed by atoms with Gasteiger partial charge in [-0.25, -0.2) is 4.39 Å². The summed E-state index contributed by atoms with van der Waals surface area (Å²) in [5.74, 6) is 0. The van der Waals surface area contributed by atoms with E-state index < -0.39 is 18.1 Å². The zero-order valence-electron chi connectivity index (χ0n) is 12.9. The van der Waals surface area contributed by atoms with E-state index in [4.69, 9.17) is 19.9 Å². The molecule has 4 nitrogen and oxygen atoms in total. The molecule has 2 atom stereocenters. The quantitative estimate of drug-likeness (QED) is 0.777. The van der Waals surface area contributed by atoms with Crippen LogP contribution in [0.2, 0.25) is 0 Å². The highest BCUT2D eigenvalue weighted by Gasteiger charge is 2.29. The zero-order chi connectivity index (χ0) is 15.1. The molecule has 0 rings (SSSR count). The molecular formula is C14H28FNO3. The molecule has 0 aliphatic carbocycles. The molecule has 2 N–H and O–H groups in total. The van der Waals surface area contributed by atoms with Gasteiger partial charge >= 0.3 is 0 Å². The van der Waals surface area contributed by atoms with Gasteiger partial charge in [-0.15, -0.1) is 0 Å². The van der Waals surface area contributed by atoms with E-state index in [1.807, 2.05) is 20.8 Å². The van der Waals surface area contributed by atoms with Crippen LogP contribution in [-0.2, 0) is 14.2 Å². The number of rotatable bonds is 7. The molecule has 0 spiro atoms. The van der Waals surface area contributed by atoms with Crippen molar-refractivity contribution in [3.8, 4) is 0 Å². The standard InChI is InChI=1S/C14H28FNO3/c1-13(2,3)18-10-11(17-9-7-8-16)12(15)19-14(4,5)6/h7-8,11-12H,9-10,16H2,1-6H3/t11?,12-/m0/s1. The summed E-state index contributed by atoms with van der Waals surface area (Å²) in [6, 6.07) is 0. The first-order valence-electron chi connectivity index (χ1n) is 6.49. The Hall–Kier alpha value is -0.650. The Morgan fingerprint density at radius 1 is 1.11 bits per heavy atom. The van der Waals surface area contributed by atoms with Gasteiger partial charge in [-0.05, 0) is 53.8 Å². The number of hydrogen-bond donors (Lipinski definition) is 1. The molecule has 0 aliphatic rings. The average Bonchev–Trinajstić information content (AvgIpc) is 2.18. The molecule has 1 unspecified atom stereocenters. The second-order valence-corrected chi connectivity index (χ2v) is 6.30. The predicted molar refractivity (Wildman–Crippen MR) is 74.5 cm³/mol. The summed E-state index contributed by atoms with van der Waals surface area (Å²) in [5, 5.41) is 0. The van der Waals surface area contributed by atoms with Gasteiger partial charge in [-0.1, -0.05) is 0 Å². The molecule has 0 aromatic heterocycles. The van der Waals surface area contributed by atoms with Gasteiger partial charge in [0.1, 0.15) is 6.10 Å². The summed E-state index contributed by atoms with van der Waals surface area (Å²) in [6.45, 7) is 11.4. The summed E-state index contributed by atoms with van der Waals surface area (Å²) < 4.78 is 30.3. The molecule has 0 bridgehead atoms. The third-order valence-electron chi connectivity index (χ3n) is 1.98. The summed E-state index contributed by atoms with van der Waals surface area (Å²) >= 11 is 0. The topological polar surface area (TPSA) is 53.7 Å². The summed E-state index contributed by atoms with van der Waals surface area (Å²) in [4.78, 5) is 0. The van der Waals surface area contributed by atoms with Gasteiger partial charge in [-0.3, -0.25) is 0 Å². The largest absolute Gasteiger partial charge is 0.405 e. The molecule has 0 fully saturated rings. The van der Waals surface area contributed by atoms with E-state index in [0.717, 1.165) is 0 Å². The van der Waals surface area contributed by atoms with Crippen LogP contribution in [0, 0.1) is 0 Å². The van der Waals surface area contributed by atoms with Crippen molar-refractivity contribution >= 4 is 0 Å². The molecule has 0 saturated carbocycles. The summed E-state index contributed by atoms with van der Waals surface area (Å²) in [7, 11) is 0. The number of hydrogen-bond acceptors (Lipinski definition) is 4. The van der Waals surface area contributed by atoms with Gasteiger partial charge in [0.05, 0.1) is 24.4 Å². The molecule has 0 amide bonds. The Bertz CT molecular complexity index is 269. The van der Waals surface area contributed by atoms with Crippen LogP contribution in [0.3, 0.4) is 0 Å². The highest BCUT2D eigenvalue weighted by molar-refractivity contribution is 4.77. The van der Waals surface area contributed by atoms with E-state index in [9.17, 15) is 4.39 Å². The minimum Gasteiger partial charge on any atom is -0.405 e. The molecule has 19 heavy (non-hydrogen) atoms. The van der Waals surface area contributed by atoms with E-state index in [0.29, 0.717) is 0 Å². The predicted octanol–water partition coefficient (Wildman–Crippen LogP) is 2.77. The lowest BCUT2D eigenvalue weighted by atomic mass is 10.2. The normalized spacial score (nSPS) is 16.8. The minimum atomic E-state index is -1.55. The highest BCUT2D eigenvalue weighted by atomic mass is 19.1. The summed E-state index contributed by atoms with van der Waals surface area (Å²) in [5.41, 5.74) is 4.29. The molecule has 5 heteroatoms. The first kappa shape index (κ1) is 18.4. The summed E-state index contributed by atoms with van der Waals surface area (Å²) in [6.07, 6.45) is 0.635. The Morgan fingerprint density at radius 2 is 1.68 bits per heavy atom. The second-order valence-electron chi connectivity index (χ2n) is 6.30. The molecule has 0 aromatic rings. The third kappa shape index (κ3) is 10.9. The van der Waals surface area contributed by atoms with Gasteiger partial charge in [-0.2, -0.15) is 0 Å². The number of alkyl halides is 1. The SMILES string of the molecule is CC(C)(C)OCC(OCC=CN)[C@@H](F)OC(C)(C)C. The minimum absolute atomic E-state index is 0.124. The van der Waals surface area contributed by atoms with Crippen molar-refractivity contribution in [3.63, 3.8) is 0 Å². The fraction of sp³-hybridized carbons (Fsp3) is 0.857. The molecule has 0 saturated heterocycles. The van der Waals surface area contributed by atoms with Crippen LogP contribution in [0.25, 0.3) is 0 Å². The Balaban J connectivity index is 4.47. The van der Waals surface area contributed by atoms with Gasteiger partial charge in [0.25, 0.3) is 0 Å². The fourth-order valence-electron chi connectivity index (χ4n) is 1.18. The maximum absolute atomic E-state index is 14.1. The molecule has 0 heterocycles. The van der Waals surface area contributed by atoms with Gasteiger partial charge in [0, 0.05) is 0 Å². The van der Waals surface area contributed by atoms with Gasteiger partial charge in [0.15, 0.2) is 0 Å². The molecule has 114 valence electrons. The van der Waals surface area contributed by atoms with Crippen LogP contribution >= 0.6 is 0 Å². The number of halogens is 1. The van der Waals surface area contributed by atoms with E-state index in [1.54, 1.807) is 26.8 Å². The van der Waals surface area contributed by atoms with Gasteiger partial charge in [0.2, 0.25) is 6.36 Å². The number of ether oxygens (including phenoxy) is 3. The van der Waals surface area contributed by atoms with Crippen molar-refractivity contribution in [1.29, 1.82) is 0 Å². The zero-order valence-corrected chi connectivity index (χ0v) is 12.9. The lowest BCUT2D eigenvalue weighted by Crippen LogP contribution is -2.39. The molecular weight excluding hydrogens is 249 g/mol. The lowest BCUT2D eigenvalue weighted by Gasteiger charge is -2.30. The van der Waals surface area contributed by atoms with Crippen molar-refractivity contribution < 1.29 is 18.6 Å². The molecule has 0 aliphatic heterocycles. The van der Waals surface area contributed by atoms with Crippen LogP contribution in [0.5, 0.6) is 0 Å². The van der Waals surface area contributed by atoms with E-state index >= 15 is 0 Å². The molecule has 0 radical (unpaired) electrons. The third-order valence-corrected chi connectivity index (χ3v) is 1.98. The van der Waals surface area contributed by atoms with Crippen LogP contribution in [0.1, 0.15) is 41.5 Å². The van der Waals surface area contributed by atoms with Crippen molar-refractivity contribution in [3.05, 3.63) is 12.3 Å². The Kier molecular flexibility index (Phi) is 7.55. The van der Waals surface area contributed by atoms with Crippen molar-refractivity contribution in [2.75, 3.05) is 13.2 Å². The highest BCUT2D eigenvalue weighted by Crippen LogP contribution is 2.18. The first-order chi connectivity index (χ1) is 8.55. The van der Waals surface area contributed by atoms with E-state index in [1.165, 1.54) is 6.20 Å². The Labute approximate surface area is 116 Å². The second kappa shape index (κ2) is 7.82. The van der Waals surface area contributed by atoms with Crippen molar-refractivity contribution in [2.24, 2.45) is 5.73 Å². The smallest absolute Gasteiger partial charge is 0.228 e. The van der Waals surface area contributed by atoms with Crippen molar-refractivity contribution in [1.82, 2.24) is 0 Å². The van der Waals surface area contributed by atoms with Crippen LogP contribution in [-0.4, -0.2) is 36.9 Å². The Morgan fingerprint density at radius 3 is 2.11 bits per heavy atom. The van der Waals surface area contributed by atoms with Crippen LogP contribution in [0.4, 0.5) is 4.39 Å². The van der Waals surface area contributed by atoms with Crippen LogP contribution in [0.15, 0.2) is 12.3 Å². The lowest BCUT2D eigenvalue weighted by molar-refractivity contribution is -0.202. The number of nitrogens with two attached hydrogens (primary N) is 1. The first-order valence-corrected chi connectivity index (χ1v) is 6.49. The van der Waals surface area contributed by atoms with E-state index in [-0.39, 0.29) is 18.8 Å². The van der Waals surface area contributed by atoms with Crippen molar-refractivity contribution in [2.45, 2.75) is 65.2 Å². The fourth-order valence-corrected chi connectivity index (χ4v) is 1.18. The maximum Gasteiger partial charge on any atom is 0.228 e. The molecule has 0 aromatic carbocycles. The monoisotopic (exact) mass is 277 g/mol. The van der Waals surface area contributed by atoms with Gasteiger partial charge < -0.3 is 19.9 Å². The van der Waals surface area contributed by atoms with E-state index in [2.05, 4.69) is 0 Å². The maximum atomic E-state index is 14.1. The average molecular weight is 277 g/mol. The van der Waals surface area contributed by atoms with Crippen LogP contribution < -0.4 is 5.73 Å².